The minimum absolute atomic E-state index is 0.608. The molecule has 0 unspecified atom stereocenters. The van der Waals surface area contributed by atoms with Gasteiger partial charge in [-0.3, -0.25) is 0 Å². The summed E-state index contributed by atoms with van der Waals surface area (Å²) in [4.78, 5) is 0. The summed E-state index contributed by atoms with van der Waals surface area (Å²) in [5.74, 6) is 0. The Morgan fingerprint density at radius 1 is 0.727 bits per heavy atom. The van der Waals surface area contributed by atoms with Crippen molar-refractivity contribution in [1.82, 2.24) is 5.32 Å². The Balaban J connectivity index is 1.97. The normalized spacial score (nSPS) is 30.5. The lowest BCUT2D eigenvalue weighted by Gasteiger charge is -2.28. The van der Waals surface area contributed by atoms with Crippen molar-refractivity contribution in [2.75, 3.05) is 6.54 Å². The smallest absolute Gasteiger partial charge is 0.0181 e. The first kappa shape index (κ1) is 7.60. The van der Waals surface area contributed by atoms with Crippen LogP contribution in [0.15, 0.2) is 0 Å². The third-order valence-corrected chi connectivity index (χ3v) is 3.39. The van der Waals surface area contributed by atoms with Crippen LogP contribution in [0.2, 0.25) is 0 Å². The van der Waals surface area contributed by atoms with Crippen LogP contribution >= 0.6 is 0 Å². The summed E-state index contributed by atoms with van der Waals surface area (Å²) >= 11 is 0. The molecule has 1 heterocycles. The first-order valence-electron chi connectivity index (χ1n) is 5.16. The molecule has 1 saturated carbocycles. The molecule has 1 heteroatoms. The summed E-state index contributed by atoms with van der Waals surface area (Å²) < 4.78 is 0. The van der Waals surface area contributed by atoms with Crippen LogP contribution in [0, 0.1) is 0 Å². The van der Waals surface area contributed by atoms with E-state index in [1.165, 1.54) is 57.9 Å². The highest BCUT2D eigenvalue weighted by Crippen LogP contribution is 2.35. The summed E-state index contributed by atoms with van der Waals surface area (Å²) in [6.07, 6.45) is 11.6. The van der Waals surface area contributed by atoms with Gasteiger partial charge in [-0.1, -0.05) is 25.7 Å². The first-order chi connectivity index (χ1) is 5.41. The van der Waals surface area contributed by atoms with Gasteiger partial charge in [-0.2, -0.15) is 0 Å². The fraction of sp³-hybridized carbons (Fsp3) is 1.00. The van der Waals surface area contributed by atoms with E-state index >= 15 is 0 Å². The summed E-state index contributed by atoms with van der Waals surface area (Å²) in [6, 6.07) is 0. The molecule has 2 fully saturated rings. The van der Waals surface area contributed by atoms with E-state index in [9.17, 15) is 0 Å². The van der Waals surface area contributed by atoms with Crippen LogP contribution in [0.4, 0.5) is 0 Å². The number of nitrogens with one attached hydrogen (secondary N) is 1. The third kappa shape index (κ3) is 1.58. The fourth-order valence-corrected chi connectivity index (χ4v) is 2.69. The van der Waals surface area contributed by atoms with Gasteiger partial charge >= 0.3 is 0 Å². The van der Waals surface area contributed by atoms with Crippen LogP contribution in [0.5, 0.6) is 0 Å². The van der Waals surface area contributed by atoms with Crippen LogP contribution in [0.1, 0.15) is 51.4 Å². The molecule has 0 atom stereocenters. The van der Waals surface area contributed by atoms with Crippen molar-refractivity contribution in [3.8, 4) is 0 Å². The monoisotopic (exact) mass is 153 g/mol. The molecule has 0 bridgehead atoms. The SMILES string of the molecule is C1CCNC2(CC1)CCCC2. The molecule has 0 aromatic rings. The molecule has 0 amide bonds. The maximum atomic E-state index is 3.76. The van der Waals surface area contributed by atoms with Crippen molar-refractivity contribution in [2.24, 2.45) is 0 Å². The Morgan fingerprint density at radius 3 is 2.09 bits per heavy atom. The molecule has 11 heavy (non-hydrogen) atoms. The van der Waals surface area contributed by atoms with Gasteiger partial charge in [0.1, 0.15) is 0 Å². The lowest BCUT2D eigenvalue weighted by Crippen LogP contribution is -2.41. The fourth-order valence-electron chi connectivity index (χ4n) is 2.69. The highest BCUT2D eigenvalue weighted by Gasteiger charge is 2.33. The van der Waals surface area contributed by atoms with E-state index in [0.717, 1.165) is 0 Å². The minimum Gasteiger partial charge on any atom is -0.311 e. The second kappa shape index (κ2) is 3.14. The molecule has 1 spiro atoms. The Bertz CT molecular complexity index is 115. The maximum absolute atomic E-state index is 3.76. The van der Waals surface area contributed by atoms with Crippen molar-refractivity contribution in [1.29, 1.82) is 0 Å². The van der Waals surface area contributed by atoms with E-state index in [0.29, 0.717) is 5.54 Å². The van der Waals surface area contributed by atoms with Crippen LogP contribution in [0.3, 0.4) is 0 Å². The Kier molecular flexibility index (Phi) is 2.17. The van der Waals surface area contributed by atoms with Gasteiger partial charge < -0.3 is 5.32 Å². The first-order valence-corrected chi connectivity index (χ1v) is 5.16. The van der Waals surface area contributed by atoms with Crippen LogP contribution in [-0.2, 0) is 0 Å². The van der Waals surface area contributed by atoms with E-state index in [1.807, 2.05) is 0 Å². The quantitative estimate of drug-likeness (QED) is 0.563. The van der Waals surface area contributed by atoms with Gasteiger partial charge in [-0.25, -0.2) is 0 Å². The molecule has 2 aliphatic rings. The predicted molar refractivity (Wildman–Crippen MR) is 47.7 cm³/mol. The molecule has 0 aromatic carbocycles. The average molecular weight is 153 g/mol. The highest BCUT2D eigenvalue weighted by molar-refractivity contribution is 4.93. The van der Waals surface area contributed by atoms with Crippen molar-refractivity contribution in [3.63, 3.8) is 0 Å². The Labute approximate surface area is 69.6 Å². The van der Waals surface area contributed by atoms with Gasteiger partial charge in [-0.15, -0.1) is 0 Å². The zero-order valence-corrected chi connectivity index (χ0v) is 7.36. The van der Waals surface area contributed by atoms with Crippen molar-refractivity contribution < 1.29 is 0 Å². The zero-order valence-electron chi connectivity index (χ0n) is 7.36. The minimum atomic E-state index is 0.608. The van der Waals surface area contributed by atoms with Gasteiger partial charge in [0.05, 0.1) is 0 Å². The van der Waals surface area contributed by atoms with Gasteiger partial charge in [0.25, 0.3) is 0 Å². The van der Waals surface area contributed by atoms with Crippen LogP contribution in [-0.4, -0.2) is 12.1 Å². The van der Waals surface area contributed by atoms with Gasteiger partial charge in [0.15, 0.2) is 0 Å². The lowest BCUT2D eigenvalue weighted by molar-refractivity contribution is 0.325. The molecule has 2 rings (SSSR count). The molecule has 64 valence electrons. The van der Waals surface area contributed by atoms with Crippen molar-refractivity contribution in [3.05, 3.63) is 0 Å². The molecule has 1 saturated heterocycles. The second-order valence-corrected chi connectivity index (χ2v) is 4.22. The van der Waals surface area contributed by atoms with E-state index < -0.39 is 0 Å². The number of hydrogen-bond acceptors (Lipinski definition) is 1. The zero-order chi connectivity index (χ0) is 7.57. The topological polar surface area (TPSA) is 12.0 Å². The van der Waals surface area contributed by atoms with E-state index in [1.54, 1.807) is 0 Å². The molecule has 0 aromatic heterocycles. The molecule has 1 N–H and O–H groups in total. The molecule has 1 aliphatic carbocycles. The van der Waals surface area contributed by atoms with Gasteiger partial charge in [0, 0.05) is 5.54 Å². The van der Waals surface area contributed by atoms with E-state index in [4.69, 9.17) is 0 Å². The molecular weight excluding hydrogens is 134 g/mol. The van der Waals surface area contributed by atoms with Gasteiger partial charge in [-0.05, 0) is 32.2 Å². The molecule has 0 radical (unpaired) electrons. The summed E-state index contributed by atoms with van der Waals surface area (Å²) in [6.45, 7) is 1.28. The largest absolute Gasteiger partial charge is 0.311 e. The van der Waals surface area contributed by atoms with Crippen molar-refractivity contribution in [2.45, 2.75) is 56.9 Å². The summed E-state index contributed by atoms with van der Waals surface area (Å²) in [5, 5.41) is 3.76. The number of rotatable bonds is 0. The molecule has 1 nitrogen and oxygen atoms in total. The third-order valence-electron chi connectivity index (χ3n) is 3.39. The molecular formula is C10H19N. The maximum Gasteiger partial charge on any atom is 0.0181 e. The Morgan fingerprint density at radius 2 is 1.36 bits per heavy atom. The van der Waals surface area contributed by atoms with E-state index in [2.05, 4.69) is 5.32 Å². The average Bonchev–Trinajstić information content (AvgIpc) is 2.32. The van der Waals surface area contributed by atoms with Crippen molar-refractivity contribution >= 4 is 0 Å². The van der Waals surface area contributed by atoms with Gasteiger partial charge in [0.2, 0.25) is 0 Å². The summed E-state index contributed by atoms with van der Waals surface area (Å²) in [7, 11) is 0. The Hall–Kier alpha value is -0.0400. The predicted octanol–water partition coefficient (Wildman–Crippen LogP) is 2.46. The number of hydrogen-bond donors (Lipinski definition) is 1. The van der Waals surface area contributed by atoms with Crippen LogP contribution in [0.25, 0.3) is 0 Å². The standard InChI is InChI=1S/C10H19N/c1-2-6-10(11-9-5-1)7-3-4-8-10/h11H,1-9H2. The lowest BCUT2D eigenvalue weighted by atomic mass is 9.92. The van der Waals surface area contributed by atoms with E-state index in [-0.39, 0.29) is 0 Å². The molecule has 1 aliphatic heterocycles. The second-order valence-electron chi connectivity index (χ2n) is 4.22. The highest BCUT2D eigenvalue weighted by atomic mass is 15.0. The van der Waals surface area contributed by atoms with Crippen LogP contribution < -0.4 is 5.32 Å². The summed E-state index contributed by atoms with van der Waals surface area (Å²) in [5.41, 5.74) is 0.608.